The number of nitrogens with zero attached hydrogens (tertiary/aromatic N) is 2. The molecule has 0 saturated heterocycles. The lowest BCUT2D eigenvalue weighted by Gasteiger charge is -1.81. The molecule has 0 aliphatic rings. The van der Waals surface area contributed by atoms with Crippen molar-refractivity contribution in [1.29, 1.82) is 0 Å². The highest BCUT2D eigenvalue weighted by molar-refractivity contribution is 7.20. The van der Waals surface area contributed by atoms with E-state index in [0.29, 0.717) is 4.88 Å². The molecule has 0 atom stereocenters. The molecule has 1 amide bonds. The van der Waals surface area contributed by atoms with E-state index in [0.717, 1.165) is 10.2 Å². The van der Waals surface area contributed by atoms with Crippen LogP contribution in [-0.4, -0.2) is 15.9 Å². The molecule has 2 aromatic heterocycles. The molecule has 0 aromatic carbocycles. The average molecular weight is 179 g/mol. The molecule has 0 saturated carbocycles. The van der Waals surface area contributed by atoms with E-state index in [1.807, 2.05) is 0 Å². The van der Waals surface area contributed by atoms with E-state index in [2.05, 4.69) is 9.97 Å². The predicted octanol–water partition coefficient (Wildman–Crippen LogP) is 0.790. The Morgan fingerprint density at radius 3 is 3.08 bits per heavy atom. The third kappa shape index (κ3) is 1.04. The fraction of sp³-hybridized carbons (Fsp3) is 0. The van der Waals surface area contributed by atoms with Crippen molar-refractivity contribution in [2.45, 2.75) is 0 Å². The van der Waals surface area contributed by atoms with Crippen LogP contribution in [0.4, 0.5) is 0 Å². The number of hydrogen-bond acceptors (Lipinski definition) is 4. The second-order valence-corrected chi connectivity index (χ2v) is 3.29. The van der Waals surface area contributed by atoms with Crippen LogP contribution in [0.3, 0.4) is 0 Å². The van der Waals surface area contributed by atoms with E-state index in [-0.39, 0.29) is 0 Å². The number of nitrogens with two attached hydrogens (primary N) is 1. The van der Waals surface area contributed by atoms with Gasteiger partial charge in [0, 0.05) is 11.6 Å². The van der Waals surface area contributed by atoms with Gasteiger partial charge in [0.25, 0.3) is 5.91 Å². The van der Waals surface area contributed by atoms with Gasteiger partial charge in [-0.05, 0) is 6.07 Å². The Morgan fingerprint density at radius 2 is 2.42 bits per heavy atom. The van der Waals surface area contributed by atoms with E-state index in [9.17, 15) is 4.79 Å². The Kier molecular flexibility index (Phi) is 1.51. The van der Waals surface area contributed by atoms with Crippen molar-refractivity contribution < 1.29 is 4.79 Å². The van der Waals surface area contributed by atoms with Gasteiger partial charge in [-0.3, -0.25) is 4.79 Å². The summed E-state index contributed by atoms with van der Waals surface area (Å²) in [5.41, 5.74) is 5.10. The fourth-order valence-corrected chi connectivity index (χ4v) is 1.73. The highest BCUT2D eigenvalue weighted by Crippen LogP contribution is 2.21. The van der Waals surface area contributed by atoms with Gasteiger partial charge in [-0.1, -0.05) is 0 Å². The van der Waals surface area contributed by atoms with Crippen molar-refractivity contribution >= 4 is 27.5 Å². The third-order valence-corrected chi connectivity index (χ3v) is 2.51. The van der Waals surface area contributed by atoms with Gasteiger partial charge in [-0.15, -0.1) is 11.3 Å². The first-order chi connectivity index (χ1) is 5.77. The molecule has 2 N–H and O–H groups in total. The van der Waals surface area contributed by atoms with Gasteiger partial charge in [0.2, 0.25) is 0 Å². The largest absolute Gasteiger partial charge is 0.365 e. The van der Waals surface area contributed by atoms with E-state index in [4.69, 9.17) is 5.73 Å². The zero-order chi connectivity index (χ0) is 8.55. The lowest BCUT2D eigenvalue weighted by molar-refractivity contribution is 0.100. The third-order valence-electron chi connectivity index (χ3n) is 1.44. The molecule has 2 rings (SSSR count). The number of aromatic nitrogens is 2. The molecule has 0 spiro atoms. The van der Waals surface area contributed by atoms with E-state index in [1.54, 1.807) is 12.3 Å². The lowest BCUT2D eigenvalue weighted by Crippen LogP contribution is -2.07. The van der Waals surface area contributed by atoms with Crippen LogP contribution in [0.15, 0.2) is 18.6 Å². The zero-order valence-corrected chi connectivity index (χ0v) is 6.84. The topological polar surface area (TPSA) is 68.9 Å². The SMILES string of the molecule is NC(=O)c1cc2cncnc2s1. The smallest absolute Gasteiger partial charge is 0.258 e. The molecule has 0 unspecified atom stereocenters. The van der Waals surface area contributed by atoms with E-state index >= 15 is 0 Å². The number of carbonyl (C=O) groups is 1. The number of thiophene rings is 1. The average Bonchev–Trinajstić information content (AvgIpc) is 2.46. The first-order valence-corrected chi connectivity index (χ1v) is 4.08. The van der Waals surface area contributed by atoms with Crippen LogP contribution in [0.5, 0.6) is 0 Å². The quantitative estimate of drug-likeness (QED) is 0.703. The van der Waals surface area contributed by atoms with Crippen LogP contribution in [0, 0.1) is 0 Å². The normalized spacial score (nSPS) is 10.3. The van der Waals surface area contributed by atoms with Crippen LogP contribution >= 0.6 is 11.3 Å². The fourth-order valence-electron chi connectivity index (χ4n) is 0.910. The summed E-state index contributed by atoms with van der Waals surface area (Å²) >= 11 is 1.28. The van der Waals surface area contributed by atoms with Gasteiger partial charge in [0.05, 0.1) is 4.88 Å². The molecule has 0 aliphatic carbocycles. The summed E-state index contributed by atoms with van der Waals surface area (Å²) in [5.74, 6) is -0.419. The van der Waals surface area contributed by atoms with Crippen LogP contribution in [0.25, 0.3) is 10.2 Å². The minimum atomic E-state index is -0.419. The molecule has 2 heterocycles. The second-order valence-electron chi connectivity index (χ2n) is 2.26. The highest BCUT2D eigenvalue weighted by Gasteiger charge is 2.06. The van der Waals surface area contributed by atoms with Crippen LogP contribution in [0.1, 0.15) is 9.67 Å². The van der Waals surface area contributed by atoms with Crippen LogP contribution in [-0.2, 0) is 0 Å². The minimum absolute atomic E-state index is 0.419. The molecule has 5 heteroatoms. The maximum Gasteiger partial charge on any atom is 0.258 e. The molecule has 0 radical (unpaired) electrons. The Bertz CT molecular complexity index is 404. The van der Waals surface area contributed by atoms with Crippen molar-refractivity contribution in [3.63, 3.8) is 0 Å². The van der Waals surface area contributed by atoms with Gasteiger partial charge >= 0.3 is 0 Å². The summed E-state index contributed by atoms with van der Waals surface area (Å²) in [4.78, 5) is 19.9. The van der Waals surface area contributed by atoms with Crippen molar-refractivity contribution in [1.82, 2.24) is 9.97 Å². The zero-order valence-electron chi connectivity index (χ0n) is 6.02. The minimum Gasteiger partial charge on any atom is -0.365 e. The highest BCUT2D eigenvalue weighted by atomic mass is 32.1. The number of carbonyl (C=O) groups excluding carboxylic acids is 1. The monoisotopic (exact) mass is 179 g/mol. The van der Waals surface area contributed by atoms with Crippen molar-refractivity contribution in [3.8, 4) is 0 Å². The maximum absolute atomic E-state index is 10.8. The Balaban J connectivity index is 2.70. The standard InChI is InChI=1S/C7H5N3OS/c8-6(11)5-1-4-2-9-3-10-7(4)12-5/h1-3H,(H2,8,11). The summed E-state index contributed by atoms with van der Waals surface area (Å²) in [6, 6.07) is 1.70. The van der Waals surface area contributed by atoms with E-state index in [1.165, 1.54) is 17.7 Å². The summed E-state index contributed by atoms with van der Waals surface area (Å²) in [7, 11) is 0. The lowest BCUT2D eigenvalue weighted by atomic mass is 10.3. The van der Waals surface area contributed by atoms with Crippen LogP contribution in [0.2, 0.25) is 0 Å². The molecular weight excluding hydrogens is 174 g/mol. The number of hydrogen-bond donors (Lipinski definition) is 1. The molecule has 12 heavy (non-hydrogen) atoms. The number of fused-ring (bicyclic) bond motifs is 1. The van der Waals surface area contributed by atoms with Gasteiger partial charge in [0.1, 0.15) is 11.2 Å². The first-order valence-electron chi connectivity index (χ1n) is 3.27. The second kappa shape index (κ2) is 2.53. The molecule has 0 fully saturated rings. The van der Waals surface area contributed by atoms with Gasteiger partial charge in [0.15, 0.2) is 0 Å². The molecule has 0 aliphatic heterocycles. The van der Waals surface area contributed by atoms with Crippen LogP contribution < -0.4 is 5.73 Å². The molecule has 4 nitrogen and oxygen atoms in total. The van der Waals surface area contributed by atoms with E-state index < -0.39 is 5.91 Å². The summed E-state index contributed by atoms with van der Waals surface area (Å²) in [5, 5.41) is 0.858. The number of primary amides is 1. The maximum atomic E-state index is 10.8. The summed E-state index contributed by atoms with van der Waals surface area (Å²) in [6.07, 6.45) is 3.11. The molecule has 2 aromatic rings. The Hall–Kier alpha value is -1.49. The summed E-state index contributed by atoms with van der Waals surface area (Å²) < 4.78 is 0. The number of rotatable bonds is 1. The van der Waals surface area contributed by atoms with Crippen molar-refractivity contribution in [2.75, 3.05) is 0 Å². The molecule has 60 valence electrons. The van der Waals surface area contributed by atoms with Gasteiger partial charge < -0.3 is 5.73 Å². The van der Waals surface area contributed by atoms with Gasteiger partial charge in [-0.2, -0.15) is 0 Å². The Morgan fingerprint density at radius 1 is 1.58 bits per heavy atom. The first kappa shape index (κ1) is 7.17. The predicted molar refractivity (Wildman–Crippen MR) is 45.9 cm³/mol. The Labute approximate surface area is 72.1 Å². The van der Waals surface area contributed by atoms with Crippen molar-refractivity contribution in [2.24, 2.45) is 5.73 Å². The molecular formula is C7H5N3OS. The number of amides is 1. The summed E-state index contributed by atoms with van der Waals surface area (Å²) in [6.45, 7) is 0. The van der Waals surface area contributed by atoms with Crippen molar-refractivity contribution in [3.05, 3.63) is 23.5 Å². The van der Waals surface area contributed by atoms with Gasteiger partial charge in [-0.25, -0.2) is 9.97 Å². The molecule has 0 bridgehead atoms.